The minimum atomic E-state index is -3.49. The normalized spacial score (nSPS) is 13.6. The van der Waals surface area contributed by atoms with Gasteiger partial charge in [-0.25, -0.2) is 8.42 Å². The molecule has 0 fully saturated rings. The minimum Gasteiger partial charge on any atom is -0.496 e. The first kappa shape index (κ1) is 16.3. The third-order valence-electron chi connectivity index (χ3n) is 3.28. The van der Waals surface area contributed by atoms with Crippen LogP contribution in [0.2, 0.25) is 0 Å². The Morgan fingerprint density at radius 2 is 2.05 bits per heavy atom. The first-order valence-corrected chi connectivity index (χ1v) is 8.06. The minimum absolute atomic E-state index is 0.0495. The van der Waals surface area contributed by atoms with Crippen LogP contribution in [0, 0.1) is 0 Å². The van der Waals surface area contributed by atoms with Crippen LogP contribution in [0.3, 0.4) is 0 Å². The lowest BCUT2D eigenvalue weighted by atomic mass is 10.2. The van der Waals surface area contributed by atoms with E-state index in [0.29, 0.717) is 11.3 Å². The highest BCUT2D eigenvalue weighted by Crippen LogP contribution is 2.26. The molecule has 1 rings (SSSR count). The molecule has 0 radical (unpaired) electrons. The third kappa shape index (κ3) is 3.41. The fraction of sp³-hybridized carbons (Fsp3) is 0.538. The average molecular weight is 306 g/mol. The fourth-order valence-electron chi connectivity index (χ4n) is 1.68. The summed E-state index contributed by atoms with van der Waals surface area (Å²) in [6.45, 7) is 3.83. The Morgan fingerprint density at radius 3 is 2.53 bits per heavy atom. The third-order valence-corrected chi connectivity index (χ3v) is 5.54. The maximum absolute atomic E-state index is 12.4. The molecule has 0 saturated heterocycles. The molecule has 0 bridgehead atoms. The number of halogens is 1. The number of ether oxygens (including phenoxy) is 1. The van der Waals surface area contributed by atoms with Crippen molar-refractivity contribution in [3.05, 3.63) is 23.8 Å². The SMILES string of the molecule is CCC(C)N(C)S(=O)(=O)c1ccc(OC)c(CCl)c1. The standard InChI is InChI=1S/C13H20ClNO3S/c1-5-10(2)15(3)19(16,17)12-6-7-13(18-4)11(8-12)9-14/h6-8,10H,5,9H2,1-4H3. The van der Waals surface area contributed by atoms with E-state index in [1.165, 1.54) is 11.4 Å². The summed E-state index contributed by atoms with van der Waals surface area (Å²) >= 11 is 5.81. The van der Waals surface area contributed by atoms with Gasteiger partial charge in [0.15, 0.2) is 0 Å². The van der Waals surface area contributed by atoms with Crippen LogP contribution in [-0.2, 0) is 15.9 Å². The second-order valence-electron chi connectivity index (χ2n) is 4.39. The number of alkyl halides is 1. The van der Waals surface area contributed by atoms with Gasteiger partial charge in [0.05, 0.1) is 17.9 Å². The van der Waals surface area contributed by atoms with Gasteiger partial charge in [-0.1, -0.05) is 6.92 Å². The number of methoxy groups -OCH3 is 1. The Hall–Kier alpha value is -0.780. The molecule has 0 aliphatic heterocycles. The van der Waals surface area contributed by atoms with E-state index in [0.717, 1.165) is 6.42 Å². The molecule has 19 heavy (non-hydrogen) atoms. The first-order valence-electron chi connectivity index (χ1n) is 6.09. The Morgan fingerprint density at radius 1 is 1.42 bits per heavy atom. The molecule has 4 nitrogen and oxygen atoms in total. The monoisotopic (exact) mass is 305 g/mol. The summed E-state index contributed by atoms with van der Waals surface area (Å²) in [5.74, 6) is 0.805. The van der Waals surface area contributed by atoms with Crippen LogP contribution in [-0.4, -0.2) is 32.9 Å². The molecule has 0 N–H and O–H groups in total. The van der Waals surface area contributed by atoms with E-state index < -0.39 is 10.0 Å². The Labute approximate surface area is 120 Å². The zero-order valence-corrected chi connectivity index (χ0v) is 13.3. The molecule has 0 aliphatic rings. The molecule has 0 aromatic heterocycles. The maximum atomic E-state index is 12.4. The van der Waals surface area contributed by atoms with Gasteiger partial charge >= 0.3 is 0 Å². The van der Waals surface area contributed by atoms with Crippen LogP contribution in [0.4, 0.5) is 0 Å². The highest BCUT2D eigenvalue weighted by Gasteiger charge is 2.25. The molecule has 6 heteroatoms. The van der Waals surface area contributed by atoms with Gasteiger partial charge in [-0.15, -0.1) is 11.6 Å². The Kier molecular flexibility index (Phi) is 5.64. The summed E-state index contributed by atoms with van der Waals surface area (Å²) < 4.78 is 31.4. The van der Waals surface area contributed by atoms with E-state index in [4.69, 9.17) is 16.3 Å². The zero-order chi connectivity index (χ0) is 14.6. The molecular weight excluding hydrogens is 286 g/mol. The average Bonchev–Trinajstić information content (AvgIpc) is 2.44. The number of hydrogen-bond acceptors (Lipinski definition) is 3. The number of nitrogens with zero attached hydrogens (tertiary/aromatic N) is 1. The summed E-state index contributed by atoms with van der Waals surface area (Å²) in [4.78, 5) is 0.242. The van der Waals surface area contributed by atoms with Crippen LogP contribution >= 0.6 is 11.6 Å². The van der Waals surface area contributed by atoms with Gasteiger partial charge in [0.2, 0.25) is 10.0 Å². The van der Waals surface area contributed by atoms with Crippen LogP contribution < -0.4 is 4.74 Å². The lowest BCUT2D eigenvalue weighted by Crippen LogP contribution is -2.34. The molecular formula is C13H20ClNO3S. The van der Waals surface area contributed by atoms with E-state index in [1.54, 1.807) is 25.2 Å². The van der Waals surface area contributed by atoms with Gasteiger partial charge in [0.25, 0.3) is 0 Å². The Bertz CT molecular complexity index is 531. The first-order chi connectivity index (χ1) is 8.88. The second-order valence-corrected chi connectivity index (χ2v) is 6.65. The van der Waals surface area contributed by atoms with Gasteiger partial charge in [-0.2, -0.15) is 4.31 Å². The number of benzene rings is 1. The molecule has 108 valence electrons. The molecule has 0 saturated carbocycles. The van der Waals surface area contributed by atoms with Crippen molar-refractivity contribution < 1.29 is 13.2 Å². The summed E-state index contributed by atoms with van der Waals surface area (Å²) in [7, 11) is -0.365. The predicted octanol–water partition coefficient (Wildman–Crippen LogP) is 2.85. The summed E-state index contributed by atoms with van der Waals surface area (Å²) in [5.41, 5.74) is 0.669. The highest BCUT2D eigenvalue weighted by atomic mass is 35.5. The van der Waals surface area contributed by atoms with Gasteiger partial charge in [-0.05, 0) is 31.5 Å². The molecule has 0 aliphatic carbocycles. The van der Waals surface area contributed by atoms with Crippen LogP contribution in [0.1, 0.15) is 25.8 Å². The molecule has 1 atom stereocenters. The second kappa shape index (κ2) is 6.59. The summed E-state index contributed by atoms with van der Waals surface area (Å²) in [5, 5.41) is 0. The van der Waals surface area contributed by atoms with E-state index in [1.807, 2.05) is 13.8 Å². The van der Waals surface area contributed by atoms with Gasteiger partial charge < -0.3 is 4.74 Å². The van der Waals surface area contributed by atoms with Crippen molar-refractivity contribution in [2.24, 2.45) is 0 Å². The van der Waals surface area contributed by atoms with Crippen molar-refractivity contribution in [2.45, 2.75) is 37.1 Å². The van der Waals surface area contributed by atoms with Gasteiger partial charge in [-0.3, -0.25) is 0 Å². The zero-order valence-electron chi connectivity index (χ0n) is 11.7. The number of hydrogen-bond donors (Lipinski definition) is 0. The van der Waals surface area contributed by atoms with Crippen LogP contribution in [0.5, 0.6) is 5.75 Å². The van der Waals surface area contributed by atoms with Crippen LogP contribution in [0.15, 0.2) is 23.1 Å². The number of rotatable bonds is 6. The van der Waals surface area contributed by atoms with Crippen molar-refractivity contribution in [2.75, 3.05) is 14.2 Å². The van der Waals surface area contributed by atoms with Crippen molar-refractivity contribution in [3.8, 4) is 5.75 Å². The fourth-order valence-corrected chi connectivity index (χ4v) is 3.38. The lowest BCUT2D eigenvalue weighted by molar-refractivity contribution is 0.380. The molecule has 1 aromatic rings. The summed E-state index contributed by atoms with van der Waals surface area (Å²) in [6.07, 6.45) is 0.758. The predicted molar refractivity (Wildman–Crippen MR) is 77.3 cm³/mol. The van der Waals surface area contributed by atoms with Gasteiger partial charge in [0, 0.05) is 18.7 Å². The largest absolute Gasteiger partial charge is 0.496 e. The quantitative estimate of drug-likeness (QED) is 0.759. The maximum Gasteiger partial charge on any atom is 0.243 e. The smallest absolute Gasteiger partial charge is 0.243 e. The molecule has 0 heterocycles. The van der Waals surface area contributed by atoms with Crippen LogP contribution in [0.25, 0.3) is 0 Å². The number of sulfonamides is 1. The van der Waals surface area contributed by atoms with Crippen molar-refractivity contribution in [3.63, 3.8) is 0 Å². The molecule has 0 spiro atoms. The van der Waals surface area contributed by atoms with Crippen molar-refractivity contribution >= 4 is 21.6 Å². The molecule has 1 unspecified atom stereocenters. The topological polar surface area (TPSA) is 46.6 Å². The Balaban J connectivity index is 3.22. The molecule has 1 aromatic carbocycles. The summed E-state index contributed by atoms with van der Waals surface area (Å²) in [6, 6.07) is 4.70. The lowest BCUT2D eigenvalue weighted by Gasteiger charge is -2.23. The van der Waals surface area contributed by atoms with Crippen molar-refractivity contribution in [1.29, 1.82) is 0 Å². The highest BCUT2D eigenvalue weighted by molar-refractivity contribution is 7.89. The molecule has 0 amide bonds. The van der Waals surface area contributed by atoms with E-state index in [-0.39, 0.29) is 16.8 Å². The van der Waals surface area contributed by atoms with E-state index in [2.05, 4.69) is 0 Å². The van der Waals surface area contributed by atoms with E-state index in [9.17, 15) is 8.42 Å². The van der Waals surface area contributed by atoms with Crippen molar-refractivity contribution in [1.82, 2.24) is 4.31 Å². The van der Waals surface area contributed by atoms with Gasteiger partial charge in [0.1, 0.15) is 5.75 Å². The van der Waals surface area contributed by atoms with E-state index >= 15 is 0 Å².